The van der Waals surface area contributed by atoms with E-state index in [1.165, 1.54) is 0 Å². The summed E-state index contributed by atoms with van der Waals surface area (Å²) >= 11 is 0. The summed E-state index contributed by atoms with van der Waals surface area (Å²) in [5, 5.41) is 7.23. The number of hydrogen-bond donors (Lipinski definition) is 1. The van der Waals surface area contributed by atoms with Gasteiger partial charge in [-0.05, 0) is 25.5 Å². The highest BCUT2D eigenvalue weighted by molar-refractivity contribution is 5.74. The summed E-state index contributed by atoms with van der Waals surface area (Å²) in [4.78, 5) is 14.3. The van der Waals surface area contributed by atoms with Gasteiger partial charge in [0.25, 0.3) is 0 Å². The van der Waals surface area contributed by atoms with Gasteiger partial charge < -0.3 is 15.0 Å². The van der Waals surface area contributed by atoms with Crippen LogP contribution in [0.25, 0.3) is 0 Å². The van der Waals surface area contributed by atoms with Gasteiger partial charge in [0.1, 0.15) is 12.4 Å². The predicted octanol–water partition coefficient (Wildman–Crippen LogP) is 2.27. The zero-order valence-corrected chi connectivity index (χ0v) is 13.3. The average Bonchev–Trinajstić information content (AvgIpc) is 2.97. The number of aromatic nitrogens is 2. The predicted molar refractivity (Wildman–Crippen MR) is 87.2 cm³/mol. The van der Waals surface area contributed by atoms with Crippen molar-refractivity contribution < 1.29 is 9.53 Å². The van der Waals surface area contributed by atoms with Crippen molar-refractivity contribution in [3.8, 4) is 5.75 Å². The first-order chi connectivity index (χ1) is 11.2. The van der Waals surface area contributed by atoms with Gasteiger partial charge in [-0.1, -0.05) is 18.2 Å². The minimum Gasteiger partial charge on any atom is -0.491 e. The molecule has 23 heavy (non-hydrogen) atoms. The number of urea groups is 1. The number of fused-ring (bicyclic) bond motifs is 1. The Kier molecular flexibility index (Phi) is 4.80. The minimum absolute atomic E-state index is 0.0433. The molecule has 6 nitrogen and oxygen atoms in total. The van der Waals surface area contributed by atoms with Crippen molar-refractivity contribution >= 4 is 6.03 Å². The Morgan fingerprint density at radius 2 is 2.26 bits per heavy atom. The summed E-state index contributed by atoms with van der Waals surface area (Å²) in [6, 6.07) is 9.82. The second kappa shape index (κ2) is 7.17. The normalized spacial score (nSPS) is 15.3. The van der Waals surface area contributed by atoms with Gasteiger partial charge in [-0.2, -0.15) is 5.10 Å². The molecule has 0 unspecified atom stereocenters. The van der Waals surface area contributed by atoms with Crippen molar-refractivity contribution in [2.24, 2.45) is 0 Å². The lowest BCUT2D eigenvalue weighted by atomic mass is 10.2. The number of para-hydroxylation sites is 1. The van der Waals surface area contributed by atoms with Gasteiger partial charge in [-0.15, -0.1) is 0 Å². The quantitative estimate of drug-likeness (QED) is 0.942. The second-order valence-corrected chi connectivity index (χ2v) is 5.79. The standard InChI is InChI=1S/C17H22N4O2/c1-14(7-10-21-9-4-8-18-21)19-17(22)20-11-12-23-16-6-3-2-5-15(16)13-20/h2-6,8-9,14H,7,10-13H2,1H3,(H,19,22)/t14-/m0/s1. The summed E-state index contributed by atoms with van der Waals surface area (Å²) in [7, 11) is 0. The topological polar surface area (TPSA) is 59.4 Å². The van der Waals surface area contributed by atoms with E-state index in [-0.39, 0.29) is 12.1 Å². The molecule has 0 aliphatic carbocycles. The molecule has 1 aliphatic heterocycles. The van der Waals surface area contributed by atoms with Crippen LogP contribution in [0.5, 0.6) is 5.75 Å². The number of rotatable bonds is 4. The maximum atomic E-state index is 12.5. The van der Waals surface area contributed by atoms with E-state index in [0.717, 1.165) is 24.3 Å². The van der Waals surface area contributed by atoms with Crippen molar-refractivity contribution in [1.29, 1.82) is 0 Å². The summed E-state index contributed by atoms with van der Waals surface area (Å²) in [5.74, 6) is 0.870. The lowest BCUT2D eigenvalue weighted by Crippen LogP contribution is -2.44. The molecule has 2 heterocycles. The zero-order valence-electron chi connectivity index (χ0n) is 13.3. The van der Waals surface area contributed by atoms with Crippen LogP contribution in [-0.2, 0) is 13.1 Å². The Labute approximate surface area is 136 Å². The number of hydrogen-bond acceptors (Lipinski definition) is 3. The summed E-state index contributed by atoms with van der Waals surface area (Å²) in [6.45, 7) is 4.50. The molecule has 2 amide bonds. The smallest absolute Gasteiger partial charge is 0.318 e. The van der Waals surface area contributed by atoms with Crippen LogP contribution in [0.15, 0.2) is 42.7 Å². The number of ether oxygens (including phenoxy) is 1. The van der Waals surface area contributed by atoms with E-state index >= 15 is 0 Å². The molecule has 0 saturated carbocycles. The first-order valence-electron chi connectivity index (χ1n) is 7.96. The lowest BCUT2D eigenvalue weighted by Gasteiger charge is -2.23. The highest BCUT2D eigenvalue weighted by atomic mass is 16.5. The Morgan fingerprint density at radius 1 is 1.39 bits per heavy atom. The Morgan fingerprint density at radius 3 is 3.09 bits per heavy atom. The molecule has 0 saturated heterocycles. The molecule has 0 fully saturated rings. The van der Waals surface area contributed by atoms with E-state index in [0.29, 0.717) is 19.7 Å². The molecule has 2 aromatic rings. The minimum atomic E-state index is -0.0433. The van der Waals surface area contributed by atoms with Gasteiger partial charge in [0.2, 0.25) is 0 Å². The zero-order chi connectivity index (χ0) is 16.1. The number of carbonyl (C=O) groups is 1. The van der Waals surface area contributed by atoms with Crippen LogP contribution in [0, 0.1) is 0 Å². The first-order valence-corrected chi connectivity index (χ1v) is 7.96. The molecule has 1 aromatic heterocycles. The average molecular weight is 314 g/mol. The third-order valence-corrected chi connectivity index (χ3v) is 3.96. The molecule has 1 aromatic carbocycles. The summed E-state index contributed by atoms with van der Waals surface area (Å²) < 4.78 is 7.57. The second-order valence-electron chi connectivity index (χ2n) is 5.79. The monoisotopic (exact) mass is 314 g/mol. The third-order valence-electron chi connectivity index (χ3n) is 3.96. The largest absolute Gasteiger partial charge is 0.491 e. The molecule has 6 heteroatoms. The van der Waals surface area contributed by atoms with Crippen molar-refractivity contribution in [2.45, 2.75) is 32.5 Å². The number of carbonyl (C=O) groups excluding carboxylic acids is 1. The van der Waals surface area contributed by atoms with Gasteiger partial charge in [0.15, 0.2) is 0 Å². The number of aryl methyl sites for hydroxylation is 1. The number of nitrogens with one attached hydrogen (secondary N) is 1. The molecule has 1 aliphatic rings. The fourth-order valence-electron chi connectivity index (χ4n) is 2.63. The summed E-state index contributed by atoms with van der Waals surface area (Å²) in [6.07, 6.45) is 4.53. The van der Waals surface area contributed by atoms with Crippen molar-refractivity contribution in [2.75, 3.05) is 13.2 Å². The highest BCUT2D eigenvalue weighted by Crippen LogP contribution is 2.22. The van der Waals surface area contributed by atoms with Crippen LogP contribution in [0.2, 0.25) is 0 Å². The number of nitrogens with zero attached hydrogens (tertiary/aromatic N) is 3. The molecule has 3 rings (SSSR count). The van der Waals surface area contributed by atoms with Crippen molar-refractivity contribution in [3.63, 3.8) is 0 Å². The van der Waals surface area contributed by atoms with Crippen LogP contribution < -0.4 is 10.1 Å². The maximum Gasteiger partial charge on any atom is 0.318 e. The van der Waals surface area contributed by atoms with Crippen molar-refractivity contribution in [3.05, 3.63) is 48.3 Å². The van der Waals surface area contributed by atoms with Gasteiger partial charge >= 0.3 is 6.03 Å². The lowest BCUT2D eigenvalue weighted by molar-refractivity contribution is 0.183. The molecule has 122 valence electrons. The number of benzene rings is 1. The highest BCUT2D eigenvalue weighted by Gasteiger charge is 2.20. The van der Waals surface area contributed by atoms with E-state index in [4.69, 9.17) is 4.74 Å². The molecule has 0 radical (unpaired) electrons. The Bertz CT molecular complexity index is 642. The molecule has 1 atom stereocenters. The van der Waals surface area contributed by atoms with Crippen LogP contribution >= 0.6 is 0 Å². The van der Waals surface area contributed by atoms with E-state index in [1.807, 2.05) is 48.1 Å². The van der Waals surface area contributed by atoms with Gasteiger partial charge in [0, 0.05) is 30.5 Å². The Balaban J connectivity index is 1.53. The fourth-order valence-corrected chi connectivity index (χ4v) is 2.63. The SMILES string of the molecule is C[C@@H](CCn1cccn1)NC(=O)N1CCOc2ccccc2C1. The molecule has 0 bridgehead atoms. The van der Waals surface area contributed by atoms with Crippen molar-refractivity contribution in [1.82, 2.24) is 20.0 Å². The van der Waals surface area contributed by atoms with Gasteiger partial charge in [-0.3, -0.25) is 4.68 Å². The summed E-state index contributed by atoms with van der Waals surface area (Å²) in [5.41, 5.74) is 1.05. The van der Waals surface area contributed by atoms with E-state index in [9.17, 15) is 4.79 Å². The number of amides is 2. The van der Waals surface area contributed by atoms with Crippen LogP contribution in [0.3, 0.4) is 0 Å². The van der Waals surface area contributed by atoms with Crippen LogP contribution in [-0.4, -0.2) is 39.9 Å². The van der Waals surface area contributed by atoms with E-state index in [1.54, 1.807) is 11.1 Å². The van der Waals surface area contributed by atoms with E-state index < -0.39 is 0 Å². The van der Waals surface area contributed by atoms with Gasteiger partial charge in [0.05, 0.1) is 13.1 Å². The Hall–Kier alpha value is -2.50. The molecular formula is C17H22N4O2. The third kappa shape index (κ3) is 4.03. The molecule has 1 N–H and O–H groups in total. The van der Waals surface area contributed by atoms with E-state index in [2.05, 4.69) is 10.4 Å². The fraction of sp³-hybridized carbons (Fsp3) is 0.412. The van der Waals surface area contributed by atoms with Gasteiger partial charge in [-0.25, -0.2) is 4.79 Å². The van der Waals surface area contributed by atoms with Crippen LogP contribution in [0.4, 0.5) is 4.79 Å². The molecular weight excluding hydrogens is 292 g/mol. The maximum absolute atomic E-state index is 12.5. The van der Waals surface area contributed by atoms with Crippen LogP contribution in [0.1, 0.15) is 18.9 Å². The molecule has 0 spiro atoms. The first kappa shape index (κ1) is 15.4.